The number of hydrogen-bond acceptors (Lipinski definition) is 3. The number of rotatable bonds is 3. The summed E-state index contributed by atoms with van der Waals surface area (Å²) in [5.74, 6) is 1.33. The zero-order chi connectivity index (χ0) is 20.9. The average molecular weight is 465 g/mol. The van der Waals surface area contributed by atoms with E-state index in [1.165, 1.54) is 13.0 Å². The molecule has 0 aliphatic heterocycles. The maximum absolute atomic E-state index is 13.3. The first-order valence-electron chi connectivity index (χ1n) is 9.39. The fourth-order valence-corrected chi connectivity index (χ4v) is 4.04. The molecule has 0 amide bonds. The summed E-state index contributed by atoms with van der Waals surface area (Å²) in [6.45, 7) is 3.30. The normalized spacial score (nSPS) is 16.4. The molecule has 1 aliphatic carbocycles. The molecule has 2 heterocycles. The molecule has 0 spiro atoms. The zero-order valence-electron chi connectivity index (χ0n) is 16.3. The summed E-state index contributed by atoms with van der Waals surface area (Å²) >= 11 is 3.39. The molecule has 0 N–H and O–H groups in total. The Morgan fingerprint density at radius 1 is 1.28 bits per heavy atom. The van der Waals surface area contributed by atoms with E-state index in [1.807, 2.05) is 17.7 Å². The van der Waals surface area contributed by atoms with Gasteiger partial charge in [-0.05, 0) is 65.9 Å². The molecule has 0 unspecified atom stereocenters. The van der Waals surface area contributed by atoms with Gasteiger partial charge in [0.05, 0.1) is 23.3 Å². The van der Waals surface area contributed by atoms with Gasteiger partial charge in [0.15, 0.2) is 5.49 Å². The van der Waals surface area contributed by atoms with Crippen molar-refractivity contribution in [2.45, 2.75) is 44.8 Å². The summed E-state index contributed by atoms with van der Waals surface area (Å²) in [5.41, 5.74) is 1.56. The lowest BCUT2D eigenvalue weighted by atomic mass is 9.97. The van der Waals surface area contributed by atoms with Gasteiger partial charge in [-0.25, -0.2) is 9.97 Å². The summed E-state index contributed by atoms with van der Waals surface area (Å²) in [6.07, 6.45) is -0.455. The van der Waals surface area contributed by atoms with Gasteiger partial charge in [0.1, 0.15) is 10.4 Å². The van der Waals surface area contributed by atoms with E-state index in [9.17, 15) is 13.2 Å². The molecule has 0 radical (unpaired) electrons. The van der Waals surface area contributed by atoms with Crippen LogP contribution < -0.4 is 5.49 Å². The van der Waals surface area contributed by atoms with Crippen LogP contribution in [0.3, 0.4) is 0 Å². The van der Waals surface area contributed by atoms with Crippen LogP contribution in [0.4, 0.5) is 13.2 Å². The lowest BCUT2D eigenvalue weighted by Crippen LogP contribution is -2.19. The molecule has 0 saturated heterocycles. The summed E-state index contributed by atoms with van der Waals surface area (Å²) in [7, 11) is 1.96. The molecule has 4 rings (SSSR count). The van der Waals surface area contributed by atoms with Gasteiger partial charge in [-0.3, -0.25) is 4.99 Å². The van der Waals surface area contributed by atoms with Crippen LogP contribution in [0.2, 0.25) is 0 Å². The second kappa shape index (κ2) is 7.23. The van der Waals surface area contributed by atoms with Crippen LogP contribution in [0.15, 0.2) is 40.1 Å². The van der Waals surface area contributed by atoms with E-state index in [4.69, 9.17) is 9.98 Å². The number of nitrogens with zero attached hydrogens (tertiary/aromatic N) is 4. The average Bonchev–Trinajstić information content (AvgIpc) is 3.48. The lowest BCUT2D eigenvalue weighted by Gasteiger charge is -2.17. The number of pyridine rings is 1. The molecule has 0 bridgehead atoms. The Hall–Kier alpha value is -2.22. The number of fused-ring (bicyclic) bond motifs is 1. The minimum atomic E-state index is -4.39. The van der Waals surface area contributed by atoms with E-state index < -0.39 is 17.8 Å². The highest BCUT2D eigenvalue weighted by molar-refractivity contribution is 9.10. The highest BCUT2D eigenvalue weighted by Crippen LogP contribution is 2.39. The molecule has 152 valence electrons. The highest BCUT2D eigenvalue weighted by atomic mass is 79.9. The Kier molecular flexibility index (Phi) is 5.01. The van der Waals surface area contributed by atoms with E-state index in [0.717, 1.165) is 35.6 Å². The van der Waals surface area contributed by atoms with Crippen molar-refractivity contribution in [3.63, 3.8) is 0 Å². The van der Waals surface area contributed by atoms with Crippen molar-refractivity contribution in [1.29, 1.82) is 0 Å². The second-order valence-electron chi connectivity index (χ2n) is 7.47. The van der Waals surface area contributed by atoms with Crippen molar-refractivity contribution in [3.8, 4) is 0 Å². The van der Waals surface area contributed by atoms with Crippen molar-refractivity contribution >= 4 is 26.8 Å². The first-order valence-corrected chi connectivity index (χ1v) is 10.2. The molecule has 3 aromatic rings. The largest absolute Gasteiger partial charge is 0.416 e. The number of benzene rings is 1. The Balaban J connectivity index is 1.91. The van der Waals surface area contributed by atoms with Crippen LogP contribution in [-0.4, -0.2) is 14.5 Å². The van der Waals surface area contributed by atoms with Crippen LogP contribution >= 0.6 is 15.9 Å². The van der Waals surface area contributed by atoms with Gasteiger partial charge in [0.25, 0.3) is 0 Å². The topological polar surface area (TPSA) is 43.1 Å². The Labute approximate surface area is 174 Å². The number of aromatic nitrogens is 3. The van der Waals surface area contributed by atoms with Gasteiger partial charge in [-0.15, -0.1) is 0 Å². The van der Waals surface area contributed by atoms with Crippen LogP contribution in [0.1, 0.15) is 54.2 Å². The molecular weight excluding hydrogens is 445 g/mol. The lowest BCUT2D eigenvalue weighted by molar-refractivity contribution is -0.138. The number of alkyl halides is 3. The molecule has 1 aliphatic rings. The van der Waals surface area contributed by atoms with Crippen molar-refractivity contribution in [3.05, 3.63) is 63.1 Å². The Morgan fingerprint density at radius 2 is 2.00 bits per heavy atom. The van der Waals surface area contributed by atoms with Gasteiger partial charge >= 0.3 is 6.18 Å². The molecule has 1 saturated carbocycles. The molecule has 4 nitrogen and oxygen atoms in total. The van der Waals surface area contributed by atoms with Crippen molar-refractivity contribution < 1.29 is 13.2 Å². The van der Waals surface area contributed by atoms with Crippen LogP contribution in [0, 0.1) is 6.92 Å². The fourth-order valence-electron chi connectivity index (χ4n) is 3.71. The molecule has 1 fully saturated rings. The first-order chi connectivity index (χ1) is 13.7. The number of aryl methyl sites for hydroxylation is 1. The summed E-state index contributed by atoms with van der Waals surface area (Å²) in [4.78, 5) is 13.9. The quantitative estimate of drug-likeness (QED) is 0.473. The predicted octanol–water partition coefficient (Wildman–Crippen LogP) is 5.60. The van der Waals surface area contributed by atoms with Crippen molar-refractivity contribution in [2.75, 3.05) is 0 Å². The third-order valence-corrected chi connectivity index (χ3v) is 5.84. The van der Waals surface area contributed by atoms with Crippen LogP contribution in [0.25, 0.3) is 10.9 Å². The Morgan fingerprint density at radius 3 is 2.66 bits per heavy atom. The fraction of sp³-hybridized carbons (Fsp3) is 0.381. The van der Waals surface area contributed by atoms with Gasteiger partial charge in [0.2, 0.25) is 0 Å². The SMILES string of the molecule is Cc1c([C@@H](C)/N=c2\nc(C3CC3)n(C)c3cnc(Br)cc23)cccc1C(F)(F)F. The molecule has 2 aromatic heterocycles. The van der Waals surface area contributed by atoms with Gasteiger partial charge in [0, 0.05) is 18.4 Å². The summed E-state index contributed by atoms with van der Waals surface area (Å²) in [6, 6.07) is 5.62. The summed E-state index contributed by atoms with van der Waals surface area (Å²) in [5, 5.41) is 0.815. The smallest absolute Gasteiger partial charge is 0.331 e. The molecule has 8 heteroatoms. The van der Waals surface area contributed by atoms with Gasteiger partial charge in [-0.1, -0.05) is 12.1 Å². The maximum atomic E-state index is 13.3. The number of hydrogen-bond donors (Lipinski definition) is 0. The minimum absolute atomic E-state index is 0.201. The standard InChI is InChI=1S/C21H20BrF3N4/c1-11-14(5-4-6-16(11)21(23,24)25)12(2)27-19-15-9-18(22)26-10-17(15)29(3)20(28-19)13-7-8-13/h4-6,9-10,12-13H,7-8H2,1-3H3/b27-19-/t12-/m1/s1. The molecular formula is C21H20BrF3N4. The Bertz CT molecular complexity index is 1160. The van der Waals surface area contributed by atoms with E-state index in [0.29, 0.717) is 21.6 Å². The second-order valence-corrected chi connectivity index (χ2v) is 8.29. The van der Waals surface area contributed by atoms with Crippen molar-refractivity contribution in [1.82, 2.24) is 14.5 Å². The van der Waals surface area contributed by atoms with Crippen LogP contribution in [-0.2, 0) is 13.2 Å². The maximum Gasteiger partial charge on any atom is 0.416 e. The minimum Gasteiger partial charge on any atom is -0.331 e. The first kappa shape index (κ1) is 20.1. The predicted molar refractivity (Wildman–Crippen MR) is 108 cm³/mol. The monoisotopic (exact) mass is 464 g/mol. The van der Waals surface area contributed by atoms with E-state index in [2.05, 4.69) is 20.9 Å². The van der Waals surface area contributed by atoms with E-state index in [1.54, 1.807) is 19.2 Å². The summed E-state index contributed by atoms with van der Waals surface area (Å²) < 4.78 is 42.6. The highest BCUT2D eigenvalue weighted by Gasteiger charge is 2.33. The third-order valence-electron chi connectivity index (χ3n) is 5.41. The van der Waals surface area contributed by atoms with Gasteiger partial charge in [-0.2, -0.15) is 13.2 Å². The molecule has 29 heavy (non-hydrogen) atoms. The molecule has 1 aromatic carbocycles. The van der Waals surface area contributed by atoms with E-state index in [-0.39, 0.29) is 5.56 Å². The number of halogens is 4. The van der Waals surface area contributed by atoms with Gasteiger partial charge < -0.3 is 4.57 Å². The van der Waals surface area contributed by atoms with Crippen molar-refractivity contribution in [2.24, 2.45) is 12.0 Å². The van der Waals surface area contributed by atoms with Crippen LogP contribution in [0.5, 0.6) is 0 Å². The van der Waals surface area contributed by atoms with E-state index >= 15 is 0 Å². The zero-order valence-corrected chi connectivity index (χ0v) is 17.8. The molecule has 1 atom stereocenters. The third kappa shape index (κ3) is 3.82.